The number of ether oxygens (including phenoxy) is 1. The molecule has 5 heteroatoms. The maximum absolute atomic E-state index is 6.32. The molecular formula is C14H20BrClN2O. The van der Waals surface area contributed by atoms with Gasteiger partial charge in [0.15, 0.2) is 0 Å². The van der Waals surface area contributed by atoms with E-state index < -0.39 is 0 Å². The van der Waals surface area contributed by atoms with Gasteiger partial charge in [0, 0.05) is 35.2 Å². The van der Waals surface area contributed by atoms with Gasteiger partial charge in [-0.05, 0) is 31.2 Å². The fourth-order valence-corrected chi connectivity index (χ4v) is 3.18. The molecule has 0 aromatic heterocycles. The van der Waals surface area contributed by atoms with Gasteiger partial charge >= 0.3 is 0 Å². The molecule has 0 bridgehead atoms. The van der Waals surface area contributed by atoms with Crippen LogP contribution in [0.15, 0.2) is 22.7 Å². The van der Waals surface area contributed by atoms with Gasteiger partial charge in [-0.1, -0.05) is 33.6 Å². The number of halogens is 2. The van der Waals surface area contributed by atoms with Gasteiger partial charge in [0.05, 0.1) is 13.2 Å². The van der Waals surface area contributed by atoms with E-state index in [0.29, 0.717) is 6.04 Å². The minimum absolute atomic E-state index is 0.295. The highest BCUT2D eigenvalue weighted by molar-refractivity contribution is 9.10. The first-order chi connectivity index (χ1) is 9.20. The van der Waals surface area contributed by atoms with Crippen LogP contribution in [0.4, 0.5) is 0 Å². The summed E-state index contributed by atoms with van der Waals surface area (Å²) >= 11 is 9.76. The van der Waals surface area contributed by atoms with Crippen LogP contribution in [-0.4, -0.2) is 44.8 Å². The monoisotopic (exact) mass is 346 g/mol. The normalized spacial score (nSPS) is 18.5. The van der Waals surface area contributed by atoms with E-state index in [9.17, 15) is 0 Å². The summed E-state index contributed by atoms with van der Waals surface area (Å²) in [5.74, 6) is 0. The first-order valence-electron chi connectivity index (χ1n) is 6.63. The Morgan fingerprint density at radius 2 is 2.16 bits per heavy atom. The Morgan fingerprint density at radius 1 is 1.42 bits per heavy atom. The van der Waals surface area contributed by atoms with Crippen molar-refractivity contribution in [3.05, 3.63) is 33.3 Å². The lowest BCUT2D eigenvalue weighted by Gasteiger charge is -2.28. The number of hydrogen-bond donors (Lipinski definition) is 1. The van der Waals surface area contributed by atoms with Crippen LogP contribution in [0.3, 0.4) is 0 Å². The molecule has 1 aromatic rings. The maximum Gasteiger partial charge on any atom is 0.0594 e. The molecule has 106 valence electrons. The largest absolute Gasteiger partial charge is 0.379 e. The second kappa shape index (κ2) is 7.60. The third-order valence-electron chi connectivity index (χ3n) is 3.52. The van der Waals surface area contributed by atoms with Gasteiger partial charge in [0.1, 0.15) is 0 Å². The van der Waals surface area contributed by atoms with E-state index in [1.165, 1.54) is 5.56 Å². The molecule has 0 saturated carbocycles. The molecule has 1 heterocycles. The Morgan fingerprint density at radius 3 is 2.79 bits per heavy atom. The van der Waals surface area contributed by atoms with Crippen molar-refractivity contribution in [3.63, 3.8) is 0 Å². The van der Waals surface area contributed by atoms with Gasteiger partial charge in [0.25, 0.3) is 0 Å². The molecule has 0 amide bonds. The SMILES string of the molecule is CNC(CCN1CCOCC1)c1ccc(Br)cc1Cl. The number of nitrogens with zero attached hydrogens (tertiary/aromatic N) is 1. The zero-order chi connectivity index (χ0) is 13.7. The Bertz CT molecular complexity index is 410. The van der Waals surface area contributed by atoms with Crippen molar-refractivity contribution in [2.24, 2.45) is 0 Å². The molecule has 3 nitrogen and oxygen atoms in total. The summed E-state index contributed by atoms with van der Waals surface area (Å²) in [5.41, 5.74) is 1.17. The van der Waals surface area contributed by atoms with E-state index in [-0.39, 0.29) is 0 Å². The summed E-state index contributed by atoms with van der Waals surface area (Å²) in [4.78, 5) is 2.45. The first kappa shape index (κ1) is 15.3. The van der Waals surface area contributed by atoms with Crippen molar-refractivity contribution in [1.82, 2.24) is 10.2 Å². The highest BCUT2D eigenvalue weighted by atomic mass is 79.9. The zero-order valence-corrected chi connectivity index (χ0v) is 13.5. The number of nitrogens with one attached hydrogen (secondary N) is 1. The number of benzene rings is 1. The van der Waals surface area contributed by atoms with Crippen molar-refractivity contribution in [2.75, 3.05) is 39.9 Å². The highest BCUT2D eigenvalue weighted by Gasteiger charge is 2.16. The molecule has 1 unspecified atom stereocenters. The van der Waals surface area contributed by atoms with Crippen LogP contribution >= 0.6 is 27.5 Å². The van der Waals surface area contributed by atoms with Gasteiger partial charge in [-0.15, -0.1) is 0 Å². The van der Waals surface area contributed by atoms with Crippen LogP contribution in [0.25, 0.3) is 0 Å². The standard InChI is InChI=1S/C14H20BrClN2O/c1-17-14(4-5-18-6-8-19-9-7-18)12-3-2-11(15)10-13(12)16/h2-3,10,14,17H,4-9H2,1H3. The summed E-state index contributed by atoms with van der Waals surface area (Å²) in [6, 6.07) is 6.38. The number of morpholine rings is 1. The molecule has 1 N–H and O–H groups in total. The van der Waals surface area contributed by atoms with Crippen LogP contribution in [-0.2, 0) is 4.74 Å². The predicted molar refractivity (Wildman–Crippen MR) is 82.8 cm³/mol. The Balaban J connectivity index is 1.95. The second-order valence-electron chi connectivity index (χ2n) is 4.75. The van der Waals surface area contributed by atoms with Crippen molar-refractivity contribution in [2.45, 2.75) is 12.5 Å². The Kier molecular flexibility index (Phi) is 6.10. The van der Waals surface area contributed by atoms with Crippen molar-refractivity contribution in [3.8, 4) is 0 Å². The van der Waals surface area contributed by atoms with Crippen LogP contribution in [0.2, 0.25) is 5.02 Å². The molecular weight excluding hydrogens is 328 g/mol. The molecule has 19 heavy (non-hydrogen) atoms. The summed E-state index contributed by atoms with van der Waals surface area (Å²) in [6.07, 6.45) is 1.05. The van der Waals surface area contributed by atoms with Gasteiger partial charge in [-0.2, -0.15) is 0 Å². The van der Waals surface area contributed by atoms with E-state index in [0.717, 1.165) is 48.8 Å². The van der Waals surface area contributed by atoms with Crippen LogP contribution < -0.4 is 5.32 Å². The fourth-order valence-electron chi connectivity index (χ4n) is 2.38. The summed E-state index contributed by atoms with van der Waals surface area (Å²) in [6.45, 7) is 4.84. The summed E-state index contributed by atoms with van der Waals surface area (Å²) < 4.78 is 6.38. The quantitative estimate of drug-likeness (QED) is 0.886. The zero-order valence-electron chi connectivity index (χ0n) is 11.2. The third kappa shape index (κ3) is 4.43. The van der Waals surface area contributed by atoms with Gasteiger partial charge in [-0.25, -0.2) is 0 Å². The van der Waals surface area contributed by atoms with E-state index >= 15 is 0 Å². The maximum atomic E-state index is 6.32. The summed E-state index contributed by atoms with van der Waals surface area (Å²) in [7, 11) is 1.99. The highest BCUT2D eigenvalue weighted by Crippen LogP contribution is 2.28. The van der Waals surface area contributed by atoms with Gasteiger partial charge < -0.3 is 10.1 Å². The van der Waals surface area contributed by atoms with E-state index in [2.05, 4.69) is 32.2 Å². The molecule has 1 aromatic carbocycles. The lowest BCUT2D eigenvalue weighted by Crippen LogP contribution is -2.38. The molecule has 0 radical (unpaired) electrons. The van der Waals surface area contributed by atoms with Crippen LogP contribution in [0, 0.1) is 0 Å². The Hall–Kier alpha value is -0.130. The average Bonchev–Trinajstić information content (AvgIpc) is 2.42. The molecule has 2 rings (SSSR count). The van der Waals surface area contributed by atoms with E-state index in [4.69, 9.17) is 16.3 Å². The smallest absolute Gasteiger partial charge is 0.0594 e. The molecule has 0 aliphatic carbocycles. The fraction of sp³-hybridized carbons (Fsp3) is 0.571. The van der Waals surface area contributed by atoms with E-state index in [1.54, 1.807) is 0 Å². The molecule has 1 atom stereocenters. The molecule has 0 spiro atoms. The Labute approximate surface area is 128 Å². The van der Waals surface area contributed by atoms with Gasteiger partial charge in [0.2, 0.25) is 0 Å². The number of hydrogen-bond acceptors (Lipinski definition) is 3. The third-order valence-corrected chi connectivity index (χ3v) is 4.34. The number of rotatable bonds is 5. The molecule has 1 saturated heterocycles. The average molecular weight is 348 g/mol. The topological polar surface area (TPSA) is 24.5 Å². The van der Waals surface area contributed by atoms with Crippen LogP contribution in [0.1, 0.15) is 18.0 Å². The predicted octanol–water partition coefficient (Wildman–Crippen LogP) is 3.09. The lowest BCUT2D eigenvalue weighted by atomic mass is 10.0. The van der Waals surface area contributed by atoms with Crippen LogP contribution in [0.5, 0.6) is 0 Å². The van der Waals surface area contributed by atoms with Crippen molar-refractivity contribution < 1.29 is 4.74 Å². The first-order valence-corrected chi connectivity index (χ1v) is 7.80. The minimum atomic E-state index is 0.295. The second-order valence-corrected chi connectivity index (χ2v) is 6.07. The van der Waals surface area contributed by atoms with E-state index in [1.807, 2.05) is 19.2 Å². The summed E-state index contributed by atoms with van der Waals surface area (Å²) in [5, 5.41) is 4.18. The molecule has 1 fully saturated rings. The minimum Gasteiger partial charge on any atom is -0.379 e. The molecule has 1 aliphatic heterocycles. The van der Waals surface area contributed by atoms with Crippen molar-refractivity contribution >= 4 is 27.5 Å². The lowest BCUT2D eigenvalue weighted by molar-refractivity contribution is 0.0362. The van der Waals surface area contributed by atoms with Gasteiger partial charge in [-0.3, -0.25) is 4.90 Å². The molecule has 1 aliphatic rings. The van der Waals surface area contributed by atoms with Crippen molar-refractivity contribution in [1.29, 1.82) is 0 Å².